The van der Waals surface area contributed by atoms with Gasteiger partial charge in [-0.05, 0) is 30.7 Å². The summed E-state index contributed by atoms with van der Waals surface area (Å²) in [6, 6.07) is 17.7. The average Bonchev–Trinajstić information content (AvgIpc) is 3.24. The highest BCUT2D eigenvalue weighted by Gasteiger charge is 2.11. The van der Waals surface area contributed by atoms with Gasteiger partial charge in [-0.1, -0.05) is 46.3 Å². The number of aryl methyl sites for hydroxylation is 1. The van der Waals surface area contributed by atoms with E-state index in [4.69, 9.17) is 0 Å². The molecule has 0 fully saturated rings. The van der Waals surface area contributed by atoms with Crippen LogP contribution in [0.5, 0.6) is 0 Å². The van der Waals surface area contributed by atoms with Gasteiger partial charge in [0.1, 0.15) is 0 Å². The molecule has 2 heterocycles. The molecule has 6 heteroatoms. The summed E-state index contributed by atoms with van der Waals surface area (Å²) in [6.45, 7) is 0. The van der Waals surface area contributed by atoms with Gasteiger partial charge in [0.05, 0.1) is 5.69 Å². The maximum absolute atomic E-state index is 12.2. The van der Waals surface area contributed by atoms with Gasteiger partial charge in [-0.15, -0.1) is 11.3 Å². The predicted octanol–water partition coefficient (Wildman–Crippen LogP) is 5.40. The molecule has 0 aliphatic carbocycles. The van der Waals surface area contributed by atoms with Gasteiger partial charge in [-0.2, -0.15) is 0 Å². The molecule has 4 rings (SSSR count). The van der Waals surface area contributed by atoms with Crippen LogP contribution in [-0.2, 0) is 11.2 Å². The minimum Gasteiger partial charge on any atom is -0.326 e. The Kier molecular flexibility index (Phi) is 4.86. The zero-order valence-electron chi connectivity index (χ0n) is 13.9. The van der Waals surface area contributed by atoms with Gasteiger partial charge in [-0.3, -0.25) is 9.20 Å². The molecule has 1 N–H and O–H groups in total. The molecule has 2 aromatic heterocycles. The number of hydrogen-bond acceptors (Lipinski definition) is 3. The maximum atomic E-state index is 12.2. The van der Waals surface area contributed by atoms with Crippen molar-refractivity contribution >= 4 is 43.8 Å². The Hall–Kier alpha value is -2.44. The first kappa shape index (κ1) is 17.0. The average molecular weight is 426 g/mol. The number of carbonyl (C=O) groups is 1. The molecule has 0 atom stereocenters. The van der Waals surface area contributed by atoms with Gasteiger partial charge in [0.15, 0.2) is 4.96 Å². The first-order valence-electron chi connectivity index (χ1n) is 8.25. The Labute approximate surface area is 163 Å². The van der Waals surface area contributed by atoms with Crippen molar-refractivity contribution < 1.29 is 4.79 Å². The van der Waals surface area contributed by atoms with E-state index in [9.17, 15) is 4.79 Å². The lowest BCUT2D eigenvalue weighted by molar-refractivity contribution is -0.116. The summed E-state index contributed by atoms with van der Waals surface area (Å²) >= 11 is 4.99. The van der Waals surface area contributed by atoms with Crippen LogP contribution in [-0.4, -0.2) is 15.3 Å². The fraction of sp³-hybridized carbons (Fsp3) is 0.100. The van der Waals surface area contributed by atoms with Crippen LogP contribution in [0.25, 0.3) is 16.2 Å². The first-order chi connectivity index (χ1) is 12.7. The molecule has 0 radical (unpaired) electrons. The third-order valence-corrected chi connectivity index (χ3v) is 5.51. The van der Waals surface area contributed by atoms with Gasteiger partial charge < -0.3 is 5.32 Å². The number of nitrogens with zero attached hydrogens (tertiary/aromatic N) is 2. The molecular weight excluding hydrogens is 410 g/mol. The Morgan fingerprint density at radius 1 is 1.12 bits per heavy atom. The molecule has 0 unspecified atom stereocenters. The van der Waals surface area contributed by atoms with Crippen LogP contribution in [0.15, 0.2) is 70.6 Å². The minimum absolute atomic E-state index is 0.00932. The van der Waals surface area contributed by atoms with Crippen LogP contribution in [0.3, 0.4) is 0 Å². The molecule has 0 bridgehead atoms. The van der Waals surface area contributed by atoms with Crippen molar-refractivity contribution in [3.63, 3.8) is 0 Å². The summed E-state index contributed by atoms with van der Waals surface area (Å²) in [5.41, 5.74) is 3.97. The number of rotatable bonds is 5. The highest BCUT2D eigenvalue weighted by Crippen LogP contribution is 2.24. The van der Waals surface area contributed by atoms with Crippen LogP contribution < -0.4 is 5.32 Å². The largest absolute Gasteiger partial charge is 0.326 e. The van der Waals surface area contributed by atoms with E-state index in [1.54, 1.807) is 11.3 Å². The van der Waals surface area contributed by atoms with Crippen molar-refractivity contribution in [3.8, 4) is 11.3 Å². The molecule has 4 nitrogen and oxygen atoms in total. The Balaban J connectivity index is 1.45. The summed E-state index contributed by atoms with van der Waals surface area (Å²) < 4.78 is 3.07. The maximum Gasteiger partial charge on any atom is 0.224 e. The van der Waals surface area contributed by atoms with E-state index in [0.29, 0.717) is 12.8 Å². The van der Waals surface area contributed by atoms with Crippen LogP contribution in [0.1, 0.15) is 12.1 Å². The third kappa shape index (κ3) is 3.71. The topological polar surface area (TPSA) is 46.4 Å². The number of aromatic nitrogens is 2. The monoisotopic (exact) mass is 425 g/mol. The van der Waals surface area contributed by atoms with Crippen molar-refractivity contribution in [1.82, 2.24) is 9.38 Å². The smallest absolute Gasteiger partial charge is 0.224 e. The SMILES string of the molecule is O=C(CCc1csc2nc(-c3ccccc3)cn12)Nc1ccc(Br)cc1. The zero-order chi connectivity index (χ0) is 17.9. The van der Waals surface area contributed by atoms with Gasteiger partial charge in [0.25, 0.3) is 0 Å². The molecule has 2 aromatic carbocycles. The fourth-order valence-corrected chi connectivity index (χ4v) is 3.93. The van der Waals surface area contributed by atoms with Crippen molar-refractivity contribution in [1.29, 1.82) is 0 Å². The van der Waals surface area contributed by atoms with E-state index in [1.165, 1.54) is 0 Å². The van der Waals surface area contributed by atoms with Crippen molar-refractivity contribution in [2.75, 3.05) is 5.32 Å². The lowest BCUT2D eigenvalue weighted by atomic mass is 10.2. The van der Waals surface area contributed by atoms with Crippen molar-refractivity contribution in [2.45, 2.75) is 12.8 Å². The van der Waals surface area contributed by atoms with Crippen molar-refractivity contribution in [3.05, 3.63) is 76.3 Å². The van der Waals surface area contributed by atoms with E-state index in [1.807, 2.05) is 48.7 Å². The molecular formula is C20H16BrN3OS. The summed E-state index contributed by atoms with van der Waals surface area (Å²) in [7, 11) is 0. The molecule has 0 aliphatic heterocycles. The minimum atomic E-state index is 0.00932. The standard InChI is InChI=1S/C20H16BrN3OS/c21-15-6-8-16(9-7-15)22-19(25)11-10-17-13-26-20-23-18(12-24(17)20)14-4-2-1-3-5-14/h1-9,12-13H,10-11H2,(H,22,25). The van der Waals surface area contributed by atoms with Crippen LogP contribution in [0.2, 0.25) is 0 Å². The highest BCUT2D eigenvalue weighted by molar-refractivity contribution is 9.10. The van der Waals surface area contributed by atoms with Gasteiger partial charge in [0, 0.05) is 39.4 Å². The zero-order valence-corrected chi connectivity index (χ0v) is 16.3. The van der Waals surface area contributed by atoms with E-state index in [0.717, 1.165) is 32.1 Å². The Morgan fingerprint density at radius 2 is 1.88 bits per heavy atom. The van der Waals surface area contributed by atoms with E-state index >= 15 is 0 Å². The van der Waals surface area contributed by atoms with E-state index in [2.05, 4.69) is 48.1 Å². The number of anilines is 1. The Bertz CT molecular complexity index is 1040. The molecule has 0 saturated heterocycles. The number of imidazole rings is 1. The van der Waals surface area contributed by atoms with Crippen molar-refractivity contribution in [2.24, 2.45) is 0 Å². The normalized spacial score (nSPS) is 11.0. The quantitative estimate of drug-likeness (QED) is 0.465. The summed E-state index contributed by atoms with van der Waals surface area (Å²) in [5.74, 6) is 0.00932. The summed E-state index contributed by atoms with van der Waals surface area (Å²) in [6.07, 6.45) is 3.15. The van der Waals surface area contributed by atoms with Crippen LogP contribution in [0, 0.1) is 0 Å². The van der Waals surface area contributed by atoms with Crippen LogP contribution >= 0.6 is 27.3 Å². The van der Waals surface area contributed by atoms with E-state index < -0.39 is 0 Å². The lowest BCUT2D eigenvalue weighted by Gasteiger charge is -2.05. The lowest BCUT2D eigenvalue weighted by Crippen LogP contribution is -2.12. The summed E-state index contributed by atoms with van der Waals surface area (Å²) in [5, 5.41) is 5.00. The number of halogens is 1. The van der Waals surface area contributed by atoms with E-state index in [-0.39, 0.29) is 5.91 Å². The fourth-order valence-electron chi connectivity index (χ4n) is 2.76. The Morgan fingerprint density at radius 3 is 2.65 bits per heavy atom. The number of benzene rings is 2. The van der Waals surface area contributed by atoms with Gasteiger partial charge >= 0.3 is 0 Å². The number of amides is 1. The molecule has 1 amide bonds. The number of hydrogen-bond donors (Lipinski definition) is 1. The first-order valence-corrected chi connectivity index (χ1v) is 9.92. The molecule has 130 valence electrons. The second kappa shape index (κ2) is 7.43. The van der Waals surface area contributed by atoms with Gasteiger partial charge in [-0.25, -0.2) is 4.98 Å². The molecule has 4 aromatic rings. The molecule has 0 spiro atoms. The second-order valence-corrected chi connectivity index (χ2v) is 7.68. The predicted molar refractivity (Wildman–Crippen MR) is 110 cm³/mol. The molecule has 0 aliphatic rings. The third-order valence-electron chi connectivity index (χ3n) is 4.09. The number of nitrogens with one attached hydrogen (secondary N) is 1. The molecule has 0 saturated carbocycles. The number of carbonyl (C=O) groups excluding carboxylic acids is 1. The van der Waals surface area contributed by atoms with Crippen LogP contribution in [0.4, 0.5) is 5.69 Å². The molecule has 26 heavy (non-hydrogen) atoms. The second-order valence-electron chi connectivity index (χ2n) is 5.93. The summed E-state index contributed by atoms with van der Waals surface area (Å²) in [4.78, 5) is 17.8. The van der Waals surface area contributed by atoms with Gasteiger partial charge in [0.2, 0.25) is 5.91 Å². The highest BCUT2D eigenvalue weighted by atomic mass is 79.9. The number of thiazole rings is 1. The number of fused-ring (bicyclic) bond motifs is 1.